The number of hydrogen-bond acceptors (Lipinski definition) is 5. The van der Waals surface area contributed by atoms with Crippen LogP contribution in [0.2, 0.25) is 5.02 Å². The Labute approximate surface area is 207 Å². The van der Waals surface area contributed by atoms with E-state index in [4.69, 9.17) is 16.3 Å². The highest BCUT2D eigenvalue weighted by molar-refractivity contribution is 8.00. The molecule has 3 aromatic carbocycles. The van der Waals surface area contributed by atoms with Crippen LogP contribution in [-0.4, -0.2) is 33.8 Å². The predicted octanol–water partition coefficient (Wildman–Crippen LogP) is 5.71. The lowest BCUT2D eigenvalue weighted by atomic mass is 10.1. The summed E-state index contributed by atoms with van der Waals surface area (Å²) >= 11 is 7.54. The van der Waals surface area contributed by atoms with Crippen LogP contribution < -0.4 is 10.1 Å². The number of carbonyl (C=O) groups is 1. The number of carbonyl (C=O) groups excluding carboxylic acids is 1. The van der Waals surface area contributed by atoms with Crippen molar-refractivity contribution in [3.05, 3.63) is 89.4 Å². The van der Waals surface area contributed by atoms with Crippen molar-refractivity contribution in [1.29, 1.82) is 0 Å². The maximum Gasteiger partial charge on any atom is 0.238 e. The van der Waals surface area contributed by atoms with Gasteiger partial charge in [-0.3, -0.25) is 9.36 Å². The number of hydrogen-bond donors (Lipinski definition) is 1. The first-order valence-electron chi connectivity index (χ1n) is 11.0. The first kappa shape index (κ1) is 22.5. The third-order valence-corrected chi connectivity index (χ3v) is 7.00. The molecule has 0 radical (unpaired) electrons. The van der Waals surface area contributed by atoms with Crippen molar-refractivity contribution in [1.82, 2.24) is 20.1 Å². The number of nitrogens with zero attached hydrogens (tertiary/aromatic N) is 3. The van der Waals surface area contributed by atoms with E-state index in [0.29, 0.717) is 21.8 Å². The molecule has 5 rings (SSSR count). The van der Waals surface area contributed by atoms with Gasteiger partial charge in [-0.15, -0.1) is 10.2 Å². The summed E-state index contributed by atoms with van der Waals surface area (Å²) < 4.78 is 7.53. The second-order valence-electron chi connectivity index (χ2n) is 8.01. The SMILES string of the molecule is COc1ccccc1-c1nnc(S[C@@H](C(=O)NC2CC2)c2ccccc2)n1-c1ccc(Cl)cc1. The molecule has 0 aliphatic heterocycles. The molecule has 8 heteroatoms. The smallest absolute Gasteiger partial charge is 0.238 e. The molecule has 1 atom stereocenters. The minimum Gasteiger partial charge on any atom is -0.496 e. The molecule has 0 saturated heterocycles. The molecular weight excluding hydrogens is 468 g/mol. The average molecular weight is 491 g/mol. The number of aromatic nitrogens is 3. The number of amides is 1. The van der Waals surface area contributed by atoms with E-state index < -0.39 is 5.25 Å². The van der Waals surface area contributed by atoms with Gasteiger partial charge in [-0.25, -0.2) is 0 Å². The van der Waals surface area contributed by atoms with Gasteiger partial charge < -0.3 is 10.1 Å². The van der Waals surface area contributed by atoms with E-state index in [1.807, 2.05) is 83.4 Å². The molecule has 1 aliphatic carbocycles. The van der Waals surface area contributed by atoms with Crippen LogP contribution in [0.1, 0.15) is 23.7 Å². The molecule has 4 aromatic rings. The van der Waals surface area contributed by atoms with Gasteiger partial charge in [0.25, 0.3) is 0 Å². The Morgan fingerprint density at radius 2 is 1.74 bits per heavy atom. The number of nitrogens with one attached hydrogen (secondary N) is 1. The quantitative estimate of drug-likeness (QED) is 0.320. The van der Waals surface area contributed by atoms with E-state index >= 15 is 0 Å². The summed E-state index contributed by atoms with van der Waals surface area (Å²) in [4.78, 5) is 13.2. The van der Waals surface area contributed by atoms with Crippen molar-refractivity contribution in [2.24, 2.45) is 0 Å². The lowest BCUT2D eigenvalue weighted by molar-refractivity contribution is -0.120. The number of para-hydroxylation sites is 1. The lowest BCUT2D eigenvalue weighted by Gasteiger charge is -2.18. The number of ether oxygens (including phenoxy) is 1. The normalized spacial score (nSPS) is 13.9. The summed E-state index contributed by atoms with van der Waals surface area (Å²) in [6, 6.07) is 25.2. The van der Waals surface area contributed by atoms with Crippen molar-refractivity contribution in [2.75, 3.05) is 7.11 Å². The largest absolute Gasteiger partial charge is 0.496 e. The Balaban J connectivity index is 1.60. The van der Waals surface area contributed by atoms with Gasteiger partial charge in [-0.1, -0.05) is 65.8 Å². The molecule has 1 fully saturated rings. The Morgan fingerprint density at radius 3 is 2.44 bits per heavy atom. The third kappa shape index (κ3) is 4.81. The van der Waals surface area contributed by atoms with Gasteiger partial charge in [-0.2, -0.15) is 0 Å². The van der Waals surface area contributed by atoms with Crippen LogP contribution in [0.25, 0.3) is 17.1 Å². The fourth-order valence-electron chi connectivity index (χ4n) is 3.68. The van der Waals surface area contributed by atoms with Crippen LogP contribution in [0.15, 0.2) is 84.0 Å². The zero-order valence-electron chi connectivity index (χ0n) is 18.5. The first-order chi connectivity index (χ1) is 16.6. The average Bonchev–Trinajstić information content (AvgIpc) is 3.59. The molecular formula is C26H23ClN4O2S. The highest BCUT2D eigenvalue weighted by Crippen LogP contribution is 2.39. The Morgan fingerprint density at radius 1 is 1.03 bits per heavy atom. The van der Waals surface area contributed by atoms with Crippen molar-refractivity contribution in [3.63, 3.8) is 0 Å². The van der Waals surface area contributed by atoms with Crippen molar-refractivity contribution in [2.45, 2.75) is 29.3 Å². The molecule has 0 bridgehead atoms. The molecule has 6 nitrogen and oxygen atoms in total. The maximum absolute atomic E-state index is 13.2. The van der Waals surface area contributed by atoms with Crippen molar-refractivity contribution >= 4 is 29.3 Å². The standard InChI is InChI=1S/C26H23ClN4O2S/c1-33-22-10-6-5-9-21(22)24-29-30-26(31(24)20-15-11-18(27)12-16-20)34-23(17-7-3-2-4-8-17)25(32)28-19-13-14-19/h2-12,15-16,19,23H,13-14H2,1H3,(H,28,32)/t23-/m1/s1. The summed E-state index contributed by atoms with van der Waals surface area (Å²) in [6.07, 6.45) is 2.05. The number of halogens is 1. The molecule has 34 heavy (non-hydrogen) atoms. The molecule has 1 amide bonds. The molecule has 172 valence electrons. The van der Waals surface area contributed by atoms with Crippen LogP contribution in [0.5, 0.6) is 5.75 Å². The monoisotopic (exact) mass is 490 g/mol. The van der Waals surface area contributed by atoms with Crippen LogP contribution in [0.3, 0.4) is 0 Å². The van der Waals surface area contributed by atoms with Gasteiger partial charge in [0.1, 0.15) is 11.0 Å². The first-order valence-corrected chi connectivity index (χ1v) is 12.3. The van der Waals surface area contributed by atoms with Gasteiger partial charge in [0, 0.05) is 16.8 Å². The molecule has 1 aromatic heterocycles. The number of methoxy groups -OCH3 is 1. The Hall–Kier alpha value is -3.29. The highest BCUT2D eigenvalue weighted by Gasteiger charge is 2.31. The van der Waals surface area contributed by atoms with Gasteiger partial charge in [-0.05, 0) is 54.8 Å². The second-order valence-corrected chi connectivity index (χ2v) is 9.52. The van der Waals surface area contributed by atoms with E-state index in [-0.39, 0.29) is 11.9 Å². The summed E-state index contributed by atoms with van der Waals surface area (Å²) in [7, 11) is 1.63. The summed E-state index contributed by atoms with van der Waals surface area (Å²) in [5.41, 5.74) is 2.56. The zero-order valence-corrected chi connectivity index (χ0v) is 20.1. The van der Waals surface area contributed by atoms with Crippen LogP contribution in [0, 0.1) is 0 Å². The number of thioether (sulfide) groups is 1. The van der Waals surface area contributed by atoms with Crippen molar-refractivity contribution in [3.8, 4) is 22.8 Å². The fourth-order valence-corrected chi connectivity index (χ4v) is 4.87. The summed E-state index contributed by atoms with van der Waals surface area (Å²) in [6.45, 7) is 0. The lowest BCUT2D eigenvalue weighted by Crippen LogP contribution is -2.29. The second kappa shape index (κ2) is 9.91. The Kier molecular flexibility index (Phi) is 6.56. The minimum atomic E-state index is -0.470. The molecule has 1 saturated carbocycles. The minimum absolute atomic E-state index is 0.0248. The van der Waals surface area contributed by atoms with E-state index in [2.05, 4.69) is 15.5 Å². The van der Waals surface area contributed by atoms with Gasteiger partial charge in [0.15, 0.2) is 11.0 Å². The summed E-state index contributed by atoms with van der Waals surface area (Å²) in [5, 5.41) is 12.9. The van der Waals surface area contributed by atoms with E-state index in [1.54, 1.807) is 7.11 Å². The van der Waals surface area contributed by atoms with Crippen LogP contribution in [-0.2, 0) is 4.79 Å². The molecule has 0 spiro atoms. The van der Waals surface area contributed by atoms with E-state index in [1.165, 1.54) is 11.8 Å². The van der Waals surface area contributed by atoms with E-state index in [0.717, 1.165) is 29.7 Å². The molecule has 1 heterocycles. The highest BCUT2D eigenvalue weighted by atomic mass is 35.5. The molecule has 1 N–H and O–H groups in total. The van der Waals surface area contributed by atoms with Crippen LogP contribution >= 0.6 is 23.4 Å². The van der Waals surface area contributed by atoms with Gasteiger partial charge >= 0.3 is 0 Å². The Bertz CT molecular complexity index is 1290. The maximum atomic E-state index is 13.2. The van der Waals surface area contributed by atoms with Gasteiger partial charge in [0.05, 0.1) is 12.7 Å². The third-order valence-electron chi connectivity index (χ3n) is 5.55. The fraction of sp³-hybridized carbons (Fsp3) is 0.192. The van der Waals surface area contributed by atoms with Crippen molar-refractivity contribution < 1.29 is 9.53 Å². The molecule has 0 unspecified atom stereocenters. The number of benzene rings is 3. The zero-order chi connectivity index (χ0) is 23.5. The van der Waals surface area contributed by atoms with Gasteiger partial charge in [0.2, 0.25) is 5.91 Å². The summed E-state index contributed by atoms with van der Waals surface area (Å²) in [5.74, 6) is 1.28. The van der Waals surface area contributed by atoms with Crippen LogP contribution in [0.4, 0.5) is 0 Å². The molecule has 1 aliphatic rings. The topological polar surface area (TPSA) is 69.0 Å². The number of rotatable bonds is 8. The van der Waals surface area contributed by atoms with E-state index in [9.17, 15) is 4.79 Å². The predicted molar refractivity (Wildman–Crippen MR) is 135 cm³/mol.